The van der Waals surface area contributed by atoms with Gasteiger partial charge in [-0.1, -0.05) is 13.0 Å². The molecule has 0 aliphatic carbocycles. The van der Waals surface area contributed by atoms with Crippen LogP contribution in [0.1, 0.15) is 51.3 Å². The van der Waals surface area contributed by atoms with E-state index >= 15 is 0 Å². The summed E-state index contributed by atoms with van der Waals surface area (Å²) in [5.74, 6) is -0.992. The molecule has 0 spiro atoms. The van der Waals surface area contributed by atoms with Gasteiger partial charge in [-0.2, -0.15) is 0 Å². The fourth-order valence-corrected chi connectivity index (χ4v) is 2.22. The zero-order chi connectivity index (χ0) is 19.1. The third-order valence-electron chi connectivity index (χ3n) is 3.94. The Bertz CT molecular complexity index is 800. The maximum atomic E-state index is 12.4. The summed E-state index contributed by atoms with van der Waals surface area (Å²) in [4.78, 5) is 36.0. The number of ether oxygens (including phenoxy) is 1. The molecule has 6 heteroatoms. The average molecular weight is 354 g/mol. The highest BCUT2D eigenvalue weighted by Crippen LogP contribution is 2.13. The Kier molecular flexibility index (Phi) is 6.49. The topological polar surface area (TPSA) is 84.5 Å². The Balaban J connectivity index is 2.09. The van der Waals surface area contributed by atoms with E-state index in [4.69, 9.17) is 0 Å². The van der Waals surface area contributed by atoms with Crippen LogP contribution in [-0.4, -0.2) is 30.9 Å². The molecule has 0 aliphatic rings. The molecule has 6 nitrogen and oxygen atoms in total. The van der Waals surface area contributed by atoms with Crippen LogP contribution in [0.5, 0.6) is 0 Å². The van der Waals surface area contributed by atoms with Crippen molar-refractivity contribution < 1.29 is 19.1 Å². The van der Waals surface area contributed by atoms with E-state index in [9.17, 15) is 14.4 Å². The van der Waals surface area contributed by atoms with Crippen LogP contribution in [-0.2, 0) is 4.74 Å². The Hall–Kier alpha value is -3.15. The highest BCUT2D eigenvalue weighted by molar-refractivity contribution is 6.06. The van der Waals surface area contributed by atoms with Gasteiger partial charge in [0.15, 0.2) is 0 Å². The Morgan fingerprint density at radius 3 is 2.15 bits per heavy atom. The number of carbonyl (C=O) groups excluding carboxylic acids is 3. The van der Waals surface area contributed by atoms with Crippen LogP contribution in [0.15, 0.2) is 48.5 Å². The van der Waals surface area contributed by atoms with Gasteiger partial charge in [0.2, 0.25) is 0 Å². The first-order chi connectivity index (χ1) is 12.4. The molecule has 0 saturated heterocycles. The minimum atomic E-state index is -0.442. The number of nitrogens with one attached hydrogen (secondary N) is 2. The molecule has 1 atom stereocenters. The van der Waals surface area contributed by atoms with Crippen molar-refractivity contribution in [1.82, 2.24) is 5.32 Å². The molecule has 0 aliphatic heterocycles. The molecule has 2 rings (SSSR count). The van der Waals surface area contributed by atoms with Crippen LogP contribution in [0.25, 0.3) is 0 Å². The summed E-state index contributed by atoms with van der Waals surface area (Å²) in [5, 5.41) is 5.61. The molecule has 136 valence electrons. The second kappa shape index (κ2) is 8.80. The molecule has 0 radical (unpaired) electrons. The molecule has 0 saturated carbocycles. The quantitative estimate of drug-likeness (QED) is 0.780. The van der Waals surface area contributed by atoms with Crippen LogP contribution in [0.3, 0.4) is 0 Å². The van der Waals surface area contributed by atoms with Gasteiger partial charge >= 0.3 is 5.97 Å². The van der Waals surface area contributed by atoms with Crippen LogP contribution in [0.4, 0.5) is 5.69 Å². The van der Waals surface area contributed by atoms with E-state index in [0.29, 0.717) is 22.4 Å². The summed E-state index contributed by atoms with van der Waals surface area (Å²) in [6.07, 6.45) is 0.827. The first kappa shape index (κ1) is 19.2. The van der Waals surface area contributed by atoms with Gasteiger partial charge in [0.1, 0.15) is 0 Å². The fraction of sp³-hybridized carbons (Fsp3) is 0.250. The summed E-state index contributed by atoms with van der Waals surface area (Å²) < 4.78 is 4.63. The molecule has 0 heterocycles. The highest BCUT2D eigenvalue weighted by atomic mass is 16.5. The largest absolute Gasteiger partial charge is 0.465 e. The number of esters is 1. The lowest BCUT2D eigenvalue weighted by atomic mass is 10.1. The van der Waals surface area contributed by atoms with Gasteiger partial charge in [-0.25, -0.2) is 4.79 Å². The number of benzene rings is 2. The van der Waals surface area contributed by atoms with E-state index in [1.165, 1.54) is 7.11 Å². The van der Waals surface area contributed by atoms with Crippen LogP contribution in [0.2, 0.25) is 0 Å². The predicted molar refractivity (Wildman–Crippen MR) is 99.4 cm³/mol. The summed E-state index contributed by atoms with van der Waals surface area (Å²) in [7, 11) is 1.31. The summed E-state index contributed by atoms with van der Waals surface area (Å²) >= 11 is 0. The number of amides is 2. The number of hydrogen-bond donors (Lipinski definition) is 2. The van der Waals surface area contributed by atoms with Crippen LogP contribution < -0.4 is 10.6 Å². The predicted octanol–water partition coefficient (Wildman–Crippen LogP) is 3.25. The van der Waals surface area contributed by atoms with Crippen molar-refractivity contribution in [3.63, 3.8) is 0 Å². The van der Waals surface area contributed by atoms with E-state index < -0.39 is 5.97 Å². The number of hydrogen-bond acceptors (Lipinski definition) is 4. The SMILES string of the molecule is CCC(C)NC(=O)c1cccc(C(=O)Nc2ccc(C(=O)OC)cc2)c1. The molecule has 1 unspecified atom stereocenters. The van der Waals surface area contributed by atoms with Crippen LogP contribution in [0, 0.1) is 0 Å². The summed E-state index contributed by atoms with van der Waals surface area (Å²) in [5.41, 5.74) is 1.74. The van der Waals surface area contributed by atoms with Crippen molar-refractivity contribution in [2.75, 3.05) is 12.4 Å². The van der Waals surface area contributed by atoms with E-state index in [0.717, 1.165) is 6.42 Å². The van der Waals surface area contributed by atoms with Gasteiger partial charge in [-0.05, 0) is 55.8 Å². The summed E-state index contributed by atoms with van der Waals surface area (Å²) in [6, 6.07) is 12.9. The number of anilines is 1. The standard InChI is InChI=1S/C20H22N2O4/c1-4-13(2)21-18(23)15-6-5-7-16(12-15)19(24)22-17-10-8-14(9-11-17)20(25)26-3/h5-13H,4H2,1-3H3,(H,21,23)(H,22,24). The number of methoxy groups -OCH3 is 1. The third-order valence-corrected chi connectivity index (χ3v) is 3.94. The molecule has 0 fully saturated rings. The second-order valence-electron chi connectivity index (χ2n) is 5.89. The van der Waals surface area contributed by atoms with Crippen molar-refractivity contribution >= 4 is 23.5 Å². The van der Waals surface area contributed by atoms with Gasteiger partial charge < -0.3 is 15.4 Å². The van der Waals surface area contributed by atoms with E-state index in [1.807, 2.05) is 13.8 Å². The molecule has 0 bridgehead atoms. The number of rotatable bonds is 6. The van der Waals surface area contributed by atoms with Crippen molar-refractivity contribution in [3.05, 3.63) is 65.2 Å². The Morgan fingerprint density at radius 1 is 0.962 bits per heavy atom. The minimum Gasteiger partial charge on any atom is -0.465 e. The zero-order valence-corrected chi connectivity index (χ0v) is 15.0. The maximum Gasteiger partial charge on any atom is 0.337 e. The third kappa shape index (κ3) is 4.92. The molecular formula is C20H22N2O4. The lowest BCUT2D eigenvalue weighted by Crippen LogP contribution is -2.32. The molecule has 2 N–H and O–H groups in total. The Morgan fingerprint density at radius 2 is 1.58 bits per heavy atom. The van der Waals surface area contributed by atoms with Gasteiger partial charge in [-0.15, -0.1) is 0 Å². The van der Waals surface area contributed by atoms with Gasteiger partial charge in [0, 0.05) is 22.9 Å². The van der Waals surface area contributed by atoms with E-state index in [1.54, 1.807) is 48.5 Å². The zero-order valence-electron chi connectivity index (χ0n) is 15.0. The average Bonchev–Trinajstić information content (AvgIpc) is 2.67. The smallest absolute Gasteiger partial charge is 0.337 e. The fourth-order valence-electron chi connectivity index (χ4n) is 2.22. The molecule has 0 aromatic heterocycles. The monoisotopic (exact) mass is 354 g/mol. The Labute approximate surface area is 152 Å². The van der Waals surface area contributed by atoms with Crippen LogP contribution >= 0.6 is 0 Å². The van der Waals surface area contributed by atoms with Crippen molar-refractivity contribution in [2.24, 2.45) is 0 Å². The van der Waals surface area contributed by atoms with Crippen molar-refractivity contribution in [3.8, 4) is 0 Å². The van der Waals surface area contributed by atoms with E-state index in [-0.39, 0.29) is 17.9 Å². The first-order valence-corrected chi connectivity index (χ1v) is 8.35. The first-order valence-electron chi connectivity index (χ1n) is 8.35. The number of carbonyl (C=O) groups is 3. The van der Waals surface area contributed by atoms with Crippen molar-refractivity contribution in [1.29, 1.82) is 0 Å². The molecule has 26 heavy (non-hydrogen) atoms. The lowest BCUT2D eigenvalue weighted by Gasteiger charge is -2.12. The molecular weight excluding hydrogens is 332 g/mol. The molecule has 2 amide bonds. The van der Waals surface area contributed by atoms with Crippen molar-refractivity contribution in [2.45, 2.75) is 26.3 Å². The molecule has 2 aromatic carbocycles. The minimum absolute atomic E-state index is 0.0632. The lowest BCUT2D eigenvalue weighted by molar-refractivity contribution is 0.0600. The van der Waals surface area contributed by atoms with Gasteiger partial charge in [0.25, 0.3) is 11.8 Å². The normalized spacial score (nSPS) is 11.3. The second-order valence-corrected chi connectivity index (χ2v) is 5.89. The molecule has 2 aromatic rings. The van der Waals surface area contributed by atoms with E-state index in [2.05, 4.69) is 15.4 Å². The highest BCUT2D eigenvalue weighted by Gasteiger charge is 2.12. The maximum absolute atomic E-state index is 12.4. The van der Waals surface area contributed by atoms with Gasteiger partial charge in [0.05, 0.1) is 12.7 Å². The van der Waals surface area contributed by atoms with Gasteiger partial charge in [-0.3, -0.25) is 9.59 Å². The summed E-state index contributed by atoms with van der Waals surface area (Å²) in [6.45, 7) is 3.91.